The van der Waals surface area contributed by atoms with Crippen molar-refractivity contribution in [1.82, 2.24) is 5.32 Å². The van der Waals surface area contributed by atoms with E-state index in [-0.39, 0.29) is 0 Å². The van der Waals surface area contributed by atoms with Gasteiger partial charge in [-0.3, -0.25) is 0 Å². The van der Waals surface area contributed by atoms with E-state index in [0.717, 1.165) is 17.9 Å². The summed E-state index contributed by atoms with van der Waals surface area (Å²) in [6.07, 6.45) is 6.97. The second-order valence-electron chi connectivity index (χ2n) is 4.80. The summed E-state index contributed by atoms with van der Waals surface area (Å²) in [5, 5.41) is 4.34. The molecule has 2 aliphatic carbocycles. The van der Waals surface area contributed by atoms with Crippen molar-refractivity contribution in [2.24, 2.45) is 5.92 Å². The van der Waals surface area contributed by atoms with Gasteiger partial charge in [0.25, 0.3) is 0 Å². The van der Waals surface area contributed by atoms with Crippen LogP contribution in [0.25, 0.3) is 0 Å². The minimum absolute atomic E-state index is 0.596. The molecule has 0 aromatic heterocycles. The summed E-state index contributed by atoms with van der Waals surface area (Å²) in [6, 6.07) is 6.97. The van der Waals surface area contributed by atoms with Crippen LogP contribution < -0.4 is 5.32 Å². The van der Waals surface area contributed by atoms with E-state index in [4.69, 9.17) is 11.6 Å². The molecule has 0 aliphatic heterocycles. The van der Waals surface area contributed by atoms with Crippen LogP contribution in [0.15, 0.2) is 30.4 Å². The Morgan fingerprint density at radius 1 is 1.38 bits per heavy atom. The molecule has 16 heavy (non-hydrogen) atoms. The quantitative estimate of drug-likeness (QED) is 0.735. The number of nitrogens with one attached hydrogen (secondary N) is 1. The van der Waals surface area contributed by atoms with E-state index >= 15 is 0 Å². The zero-order chi connectivity index (χ0) is 11.1. The highest BCUT2D eigenvalue weighted by atomic mass is 35.5. The highest BCUT2D eigenvalue weighted by molar-refractivity contribution is 6.30. The molecule has 0 radical (unpaired) electrons. The molecular weight excluding hydrogens is 218 g/mol. The predicted molar refractivity (Wildman–Crippen MR) is 68.0 cm³/mol. The maximum Gasteiger partial charge on any atom is 0.0408 e. The minimum atomic E-state index is 0.596. The second kappa shape index (κ2) is 3.90. The van der Waals surface area contributed by atoms with Crippen molar-refractivity contribution in [3.8, 4) is 0 Å². The third kappa shape index (κ3) is 1.50. The lowest BCUT2D eigenvalue weighted by Gasteiger charge is -2.40. The first-order valence-corrected chi connectivity index (χ1v) is 6.29. The van der Waals surface area contributed by atoms with Gasteiger partial charge in [-0.1, -0.05) is 29.8 Å². The third-order valence-electron chi connectivity index (χ3n) is 3.96. The van der Waals surface area contributed by atoms with Gasteiger partial charge >= 0.3 is 0 Å². The Kier molecular flexibility index (Phi) is 2.53. The Bertz CT molecular complexity index is 438. The van der Waals surface area contributed by atoms with Gasteiger partial charge in [0.15, 0.2) is 0 Å². The van der Waals surface area contributed by atoms with Gasteiger partial charge in [-0.05, 0) is 49.1 Å². The van der Waals surface area contributed by atoms with Crippen LogP contribution in [0, 0.1) is 5.92 Å². The number of rotatable bonds is 1. The van der Waals surface area contributed by atoms with Crippen molar-refractivity contribution >= 4 is 11.6 Å². The van der Waals surface area contributed by atoms with E-state index in [9.17, 15) is 0 Å². The Labute approximate surface area is 102 Å². The van der Waals surface area contributed by atoms with Gasteiger partial charge in [-0.25, -0.2) is 0 Å². The molecule has 0 heterocycles. The standard InChI is InChI=1S/C14H16ClN/c1-16-14-9-3-2-4-13(14)12-6-5-11(15)8-10(12)7-9/h2-3,5-6,8-9,13-14,16H,4,7H2,1H3/t9-,13-,14+/m1/s1. The first kappa shape index (κ1) is 10.4. The van der Waals surface area contributed by atoms with E-state index in [2.05, 4.69) is 36.6 Å². The molecule has 3 atom stereocenters. The molecule has 1 aromatic rings. The lowest BCUT2D eigenvalue weighted by atomic mass is 9.69. The van der Waals surface area contributed by atoms with Gasteiger partial charge in [0, 0.05) is 17.0 Å². The Balaban J connectivity index is 2.08. The SMILES string of the molecule is CN[C@H]1[C@@H]2C=CC[C@@H]1c1ccc(Cl)cc1C2. The van der Waals surface area contributed by atoms with Crippen LogP contribution in [-0.4, -0.2) is 13.1 Å². The summed E-state index contributed by atoms with van der Waals surface area (Å²) in [4.78, 5) is 0. The number of benzene rings is 1. The fraction of sp³-hybridized carbons (Fsp3) is 0.429. The predicted octanol–water partition coefficient (Wildman–Crippen LogP) is 3.14. The summed E-state index contributed by atoms with van der Waals surface area (Å²) in [6.45, 7) is 0. The first-order valence-electron chi connectivity index (χ1n) is 5.92. The van der Waals surface area contributed by atoms with E-state index in [1.165, 1.54) is 11.1 Å². The molecule has 2 aliphatic rings. The maximum atomic E-state index is 6.07. The molecular formula is C14H16ClN. The van der Waals surface area contributed by atoms with E-state index in [1.807, 2.05) is 6.07 Å². The molecule has 0 spiro atoms. The van der Waals surface area contributed by atoms with Gasteiger partial charge in [0.05, 0.1) is 0 Å². The zero-order valence-electron chi connectivity index (χ0n) is 9.41. The van der Waals surface area contributed by atoms with Crippen LogP contribution in [0.3, 0.4) is 0 Å². The Morgan fingerprint density at radius 2 is 2.25 bits per heavy atom. The van der Waals surface area contributed by atoms with Gasteiger partial charge in [0.2, 0.25) is 0 Å². The van der Waals surface area contributed by atoms with Crippen molar-refractivity contribution in [1.29, 1.82) is 0 Å². The third-order valence-corrected chi connectivity index (χ3v) is 4.20. The lowest BCUT2D eigenvalue weighted by Crippen LogP contribution is -2.44. The van der Waals surface area contributed by atoms with Crippen LogP contribution in [0.5, 0.6) is 0 Å². The molecule has 3 rings (SSSR count). The monoisotopic (exact) mass is 233 g/mol. The Morgan fingerprint density at radius 3 is 3.06 bits per heavy atom. The van der Waals surface area contributed by atoms with Gasteiger partial charge in [-0.2, -0.15) is 0 Å². The molecule has 0 saturated carbocycles. The van der Waals surface area contributed by atoms with E-state index in [1.54, 1.807) is 0 Å². The molecule has 1 N–H and O–H groups in total. The van der Waals surface area contributed by atoms with Crippen molar-refractivity contribution in [2.45, 2.75) is 24.8 Å². The molecule has 0 saturated heterocycles. The fourth-order valence-electron chi connectivity index (χ4n) is 3.26. The van der Waals surface area contributed by atoms with Crippen LogP contribution in [0.2, 0.25) is 5.02 Å². The van der Waals surface area contributed by atoms with Crippen molar-refractivity contribution in [2.75, 3.05) is 7.05 Å². The minimum Gasteiger partial charge on any atom is -0.316 e. The summed E-state index contributed by atoms with van der Waals surface area (Å²) in [7, 11) is 2.07. The van der Waals surface area contributed by atoms with Crippen LogP contribution in [0.4, 0.5) is 0 Å². The summed E-state index contributed by atoms with van der Waals surface area (Å²) in [5.74, 6) is 1.26. The summed E-state index contributed by atoms with van der Waals surface area (Å²) in [5.41, 5.74) is 2.93. The smallest absolute Gasteiger partial charge is 0.0408 e. The summed E-state index contributed by atoms with van der Waals surface area (Å²) >= 11 is 6.07. The summed E-state index contributed by atoms with van der Waals surface area (Å²) < 4.78 is 0. The first-order chi connectivity index (χ1) is 7.79. The van der Waals surface area contributed by atoms with Crippen LogP contribution in [-0.2, 0) is 6.42 Å². The molecule has 0 unspecified atom stereocenters. The lowest BCUT2D eigenvalue weighted by molar-refractivity contribution is 0.330. The number of allylic oxidation sites excluding steroid dienone is 1. The molecule has 2 bridgehead atoms. The van der Waals surface area contributed by atoms with E-state index in [0.29, 0.717) is 17.9 Å². The van der Waals surface area contributed by atoms with E-state index < -0.39 is 0 Å². The average Bonchev–Trinajstić information content (AvgIpc) is 2.28. The second-order valence-corrected chi connectivity index (χ2v) is 5.23. The number of fused-ring (bicyclic) bond motifs is 4. The highest BCUT2D eigenvalue weighted by Gasteiger charge is 2.35. The number of likely N-dealkylation sites (N-methyl/N-ethyl adjacent to an activating group) is 1. The number of hydrogen-bond donors (Lipinski definition) is 1. The Hall–Kier alpha value is -0.790. The van der Waals surface area contributed by atoms with Crippen molar-refractivity contribution in [3.63, 3.8) is 0 Å². The number of hydrogen-bond acceptors (Lipinski definition) is 1. The van der Waals surface area contributed by atoms with Gasteiger partial charge < -0.3 is 5.32 Å². The van der Waals surface area contributed by atoms with Crippen LogP contribution >= 0.6 is 11.6 Å². The van der Waals surface area contributed by atoms with Crippen molar-refractivity contribution in [3.05, 3.63) is 46.5 Å². The van der Waals surface area contributed by atoms with Gasteiger partial charge in [-0.15, -0.1) is 0 Å². The molecule has 1 nitrogen and oxygen atoms in total. The normalized spacial score (nSPS) is 31.2. The molecule has 2 heteroatoms. The zero-order valence-corrected chi connectivity index (χ0v) is 10.2. The molecule has 0 amide bonds. The van der Waals surface area contributed by atoms with Crippen LogP contribution in [0.1, 0.15) is 23.5 Å². The van der Waals surface area contributed by atoms with Gasteiger partial charge in [0.1, 0.15) is 0 Å². The van der Waals surface area contributed by atoms with Crippen molar-refractivity contribution < 1.29 is 0 Å². The largest absolute Gasteiger partial charge is 0.316 e. The molecule has 1 aromatic carbocycles. The average molecular weight is 234 g/mol. The number of halogens is 1. The maximum absolute atomic E-state index is 6.07. The fourth-order valence-corrected chi connectivity index (χ4v) is 3.46. The highest BCUT2D eigenvalue weighted by Crippen LogP contribution is 2.41. The molecule has 0 fully saturated rings. The topological polar surface area (TPSA) is 12.0 Å². The molecule has 84 valence electrons.